The quantitative estimate of drug-likeness (QED) is 0.813. The summed E-state index contributed by atoms with van der Waals surface area (Å²) in [7, 11) is -3.60. The molecule has 0 radical (unpaired) electrons. The van der Waals surface area contributed by atoms with E-state index >= 15 is 0 Å². The molecule has 2 unspecified atom stereocenters. The maximum atomic E-state index is 13.3. The van der Waals surface area contributed by atoms with Crippen molar-refractivity contribution in [3.63, 3.8) is 0 Å². The molecule has 1 aliphatic carbocycles. The number of sulfonamides is 1. The van der Waals surface area contributed by atoms with Gasteiger partial charge in [-0.05, 0) is 55.9 Å². The Morgan fingerprint density at radius 3 is 2.38 bits per heavy atom. The van der Waals surface area contributed by atoms with E-state index in [2.05, 4.69) is 20.7 Å². The Bertz CT molecular complexity index is 595. The summed E-state index contributed by atoms with van der Waals surface area (Å²) < 4.78 is 41.0. The number of halogens is 2. The smallest absolute Gasteiger partial charge is 0.211 e. The van der Waals surface area contributed by atoms with Crippen molar-refractivity contribution in [1.29, 1.82) is 0 Å². The topological polar surface area (TPSA) is 46.2 Å². The summed E-state index contributed by atoms with van der Waals surface area (Å²) in [4.78, 5) is 0.565. The molecular weight excluding hydrogens is 357 g/mol. The average molecular weight is 378 g/mol. The Morgan fingerprint density at radius 1 is 1.24 bits per heavy atom. The van der Waals surface area contributed by atoms with Crippen molar-refractivity contribution in [2.45, 2.75) is 49.3 Å². The van der Waals surface area contributed by atoms with Gasteiger partial charge in [0.15, 0.2) is 0 Å². The van der Waals surface area contributed by atoms with E-state index in [1.54, 1.807) is 13.8 Å². The lowest BCUT2D eigenvalue weighted by atomic mass is 9.89. The van der Waals surface area contributed by atoms with Crippen molar-refractivity contribution in [2.75, 3.05) is 6.54 Å². The molecule has 118 valence electrons. The first-order chi connectivity index (χ1) is 9.81. The van der Waals surface area contributed by atoms with E-state index in [0.717, 1.165) is 19.3 Å². The van der Waals surface area contributed by atoms with Crippen LogP contribution in [0.15, 0.2) is 17.0 Å². The standard InChI is InChI=1S/C15H21BrFNO2S/c1-10-7-13(17)8-11(2)15(10)21(19,20)18-9-12-5-3-4-6-14(12)16/h7-8,12,14,18H,3-6,9H2,1-2H3. The Hall–Kier alpha value is -0.460. The summed E-state index contributed by atoms with van der Waals surface area (Å²) in [5, 5.41) is 0. The predicted octanol–water partition coefficient (Wildman–Crippen LogP) is 3.67. The van der Waals surface area contributed by atoms with Crippen LogP contribution in [0.3, 0.4) is 0 Å². The molecule has 1 fully saturated rings. The first-order valence-corrected chi connectivity index (χ1v) is 9.61. The highest BCUT2D eigenvalue weighted by Gasteiger charge is 2.26. The van der Waals surface area contributed by atoms with Crippen LogP contribution in [0.25, 0.3) is 0 Å². The first kappa shape index (κ1) is 16.9. The maximum Gasteiger partial charge on any atom is 0.241 e. The molecule has 0 spiro atoms. The van der Waals surface area contributed by atoms with Crippen LogP contribution < -0.4 is 4.72 Å². The van der Waals surface area contributed by atoms with Gasteiger partial charge in [0, 0.05) is 11.4 Å². The van der Waals surface area contributed by atoms with Crippen LogP contribution in [-0.2, 0) is 10.0 Å². The van der Waals surface area contributed by atoms with Gasteiger partial charge < -0.3 is 0 Å². The summed E-state index contributed by atoms with van der Waals surface area (Å²) in [5.41, 5.74) is 0.887. The number of hydrogen-bond acceptors (Lipinski definition) is 2. The SMILES string of the molecule is Cc1cc(F)cc(C)c1S(=O)(=O)NCC1CCCCC1Br. The second-order valence-electron chi connectivity index (χ2n) is 5.78. The maximum absolute atomic E-state index is 13.3. The third kappa shape index (κ3) is 4.05. The van der Waals surface area contributed by atoms with Gasteiger partial charge in [0.05, 0.1) is 4.90 Å². The number of alkyl halides is 1. The molecule has 1 N–H and O–H groups in total. The van der Waals surface area contributed by atoms with Crippen LogP contribution in [0.5, 0.6) is 0 Å². The molecule has 6 heteroatoms. The number of rotatable bonds is 4. The molecule has 0 saturated heterocycles. The molecule has 0 aromatic heterocycles. The molecule has 1 aromatic rings. The average Bonchev–Trinajstić information content (AvgIpc) is 2.36. The highest BCUT2D eigenvalue weighted by molar-refractivity contribution is 9.09. The molecule has 2 atom stereocenters. The van der Waals surface area contributed by atoms with Gasteiger partial charge in [-0.3, -0.25) is 0 Å². The molecule has 21 heavy (non-hydrogen) atoms. The summed E-state index contributed by atoms with van der Waals surface area (Å²) >= 11 is 3.63. The number of nitrogens with one attached hydrogen (secondary N) is 1. The first-order valence-electron chi connectivity index (χ1n) is 7.22. The number of aryl methyl sites for hydroxylation is 2. The molecule has 0 amide bonds. The molecule has 2 rings (SSSR count). The fraction of sp³-hybridized carbons (Fsp3) is 0.600. The summed E-state index contributed by atoms with van der Waals surface area (Å²) in [5.74, 6) is -0.0914. The third-order valence-corrected chi connectivity index (χ3v) is 6.98. The van der Waals surface area contributed by atoms with Crippen molar-refractivity contribution < 1.29 is 12.8 Å². The van der Waals surface area contributed by atoms with Gasteiger partial charge in [0.25, 0.3) is 0 Å². The van der Waals surface area contributed by atoms with Crippen molar-refractivity contribution in [2.24, 2.45) is 5.92 Å². The van der Waals surface area contributed by atoms with Crippen LogP contribution in [0.2, 0.25) is 0 Å². The highest BCUT2D eigenvalue weighted by atomic mass is 79.9. The van der Waals surface area contributed by atoms with E-state index < -0.39 is 15.8 Å². The van der Waals surface area contributed by atoms with Gasteiger partial charge in [0.2, 0.25) is 10.0 Å². The Labute approximate surface area is 134 Å². The Balaban J connectivity index is 2.15. The van der Waals surface area contributed by atoms with Crippen LogP contribution in [-0.4, -0.2) is 19.8 Å². The van der Waals surface area contributed by atoms with Gasteiger partial charge in [-0.15, -0.1) is 0 Å². The van der Waals surface area contributed by atoms with Crippen LogP contribution >= 0.6 is 15.9 Å². The van der Waals surface area contributed by atoms with Gasteiger partial charge in [0.1, 0.15) is 5.82 Å². The zero-order valence-corrected chi connectivity index (χ0v) is 14.7. The van der Waals surface area contributed by atoms with Gasteiger partial charge in [-0.25, -0.2) is 17.5 Å². The summed E-state index contributed by atoms with van der Waals surface area (Å²) in [6, 6.07) is 2.52. The van der Waals surface area contributed by atoms with Crippen LogP contribution in [0, 0.1) is 25.6 Å². The Kier molecular flexibility index (Phi) is 5.43. The summed E-state index contributed by atoms with van der Waals surface area (Å²) in [6.07, 6.45) is 4.44. The highest BCUT2D eigenvalue weighted by Crippen LogP contribution is 2.30. The molecule has 1 aromatic carbocycles. The molecule has 0 aliphatic heterocycles. The fourth-order valence-electron chi connectivity index (χ4n) is 3.00. The van der Waals surface area contributed by atoms with Crippen LogP contribution in [0.4, 0.5) is 4.39 Å². The van der Waals surface area contributed by atoms with Crippen molar-refractivity contribution in [3.05, 3.63) is 29.1 Å². The second-order valence-corrected chi connectivity index (χ2v) is 8.66. The normalized spacial score (nSPS) is 23.2. The van der Waals surface area contributed by atoms with Crippen molar-refractivity contribution in [3.8, 4) is 0 Å². The third-order valence-electron chi connectivity index (χ3n) is 4.05. The van der Waals surface area contributed by atoms with E-state index in [1.165, 1.54) is 18.6 Å². The lowest BCUT2D eigenvalue weighted by Crippen LogP contribution is -2.35. The molecular formula is C15H21BrFNO2S. The lowest BCUT2D eigenvalue weighted by molar-refractivity contribution is 0.373. The molecule has 3 nitrogen and oxygen atoms in total. The fourth-order valence-corrected chi connectivity index (χ4v) is 5.32. The number of hydrogen-bond donors (Lipinski definition) is 1. The van der Waals surface area contributed by atoms with E-state index in [0.29, 0.717) is 28.4 Å². The van der Waals surface area contributed by atoms with Gasteiger partial charge >= 0.3 is 0 Å². The minimum atomic E-state index is -3.60. The lowest BCUT2D eigenvalue weighted by Gasteiger charge is -2.27. The van der Waals surface area contributed by atoms with E-state index in [1.807, 2.05) is 0 Å². The molecule has 1 aliphatic rings. The van der Waals surface area contributed by atoms with Crippen LogP contribution in [0.1, 0.15) is 36.8 Å². The molecule has 0 bridgehead atoms. The van der Waals surface area contributed by atoms with Gasteiger partial charge in [-0.2, -0.15) is 0 Å². The zero-order chi connectivity index (χ0) is 15.6. The number of benzene rings is 1. The molecule has 0 heterocycles. The van der Waals surface area contributed by atoms with Gasteiger partial charge in [-0.1, -0.05) is 28.8 Å². The van der Waals surface area contributed by atoms with Crippen molar-refractivity contribution >= 4 is 26.0 Å². The second kappa shape index (κ2) is 6.75. The zero-order valence-electron chi connectivity index (χ0n) is 12.3. The van der Waals surface area contributed by atoms with Crippen molar-refractivity contribution in [1.82, 2.24) is 4.72 Å². The minimum Gasteiger partial charge on any atom is -0.211 e. The summed E-state index contributed by atoms with van der Waals surface area (Å²) in [6.45, 7) is 3.67. The van der Waals surface area contributed by atoms with E-state index in [4.69, 9.17) is 0 Å². The minimum absolute atomic E-state index is 0.200. The molecule has 1 saturated carbocycles. The Morgan fingerprint density at radius 2 is 1.81 bits per heavy atom. The van der Waals surface area contributed by atoms with E-state index in [-0.39, 0.29) is 4.90 Å². The monoisotopic (exact) mass is 377 g/mol. The largest absolute Gasteiger partial charge is 0.241 e. The predicted molar refractivity (Wildman–Crippen MR) is 85.7 cm³/mol. The van der Waals surface area contributed by atoms with E-state index in [9.17, 15) is 12.8 Å².